The first-order chi connectivity index (χ1) is 12.1. The summed E-state index contributed by atoms with van der Waals surface area (Å²) >= 11 is 6.13. The maximum Gasteiger partial charge on any atom is 0.322 e. The number of carbonyl (C=O) groups is 1. The molecule has 2 N–H and O–H groups in total. The van der Waals surface area contributed by atoms with Gasteiger partial charge in [-0.2, -0.15) is 0 Å². The highest BCUT2D eigenvalue weighted by Crippen LogP contribution is 2.20. The number of ether oxygens (including phenoxy) is 1. The van der Waals surface area contributed by atoms with Crippen LogP contribution in [0.4, 0.5) is 10.5 Å². The molecule has 1 aromatic carbocycles. The number of urea groups is 1. The number of piperazine rings is 1. The maximum absolute atomic E-state index is 12.7. The Labute approximate surface area is 152 Å². The minimum absolute atomic E-state index is 0.0603. The van der Waals surface area contributed by atoms with Crippen LogP contribution in [0.3, 0.4) is 0 Å². The van der Waals surface area contributed by atoms with E-state index in [0.717, 1.165) is 12.1 Å². The number of aromatic nitrogens is 1. The number of hydrogen-bond donors (Lipinski definition) is 2. The summed E-state index contributed by atoms with van der Waals surface area (Å²) < 4.78 is 5.77. The van der Waals surface area contributed by atoms with Crippen molar-refractivity contribution >= 4 is 23.3 Å². The van der Waals surface area contributed by atoms with Gasteiger partial charge in [-0.05, 0) is 36.8 Å². The Morgan fingerprint density at radius 1 is 1.48 bits per heavy atom. The van der Waals surface area contributed by atoms with Crippen LogP contribution in [0, 0.1) is 6.92 Å². The lowest BCUT2D eigenvalue weighted by Crippen LogP contribution is -2.57. The van der Waals surface area contributed by atoms with Crippen molar-refractivity contribution in [1.82, 2.24) is 15.2 Å². The Bertz CT molecular complexity index is 726. The summed E-state index contributed by atoms with van der Waals surface area (Å²) in [6.45, 7) is 4.39. The molecule has 1 unspecified atom stereocenters. The Morgan fingerprint density at radius 2 is 2.36 bits per heavy atom. The van der Waals surface area contributed by atoms with E-state index in [1.54, 1.807) is 23.4 Å². The lowest BCUT2D eigenvalue weighted by molar-refractivity contribution is 0.133. The van der Waals surface area contributed by atoms with E-state index in [9.17, 15) is 4.79 Å². The van der Waals surface area contributed by atoms with Crippen LogP contribution in [0.2, 0.25) is 5.02 Å². The van der Waals surface area contributed by atoms with Crippen LogP contribution in [0.15, 0.2) is 42.7 Å². The van der Waals surface area contributed by atoms with Crippen molar-refractivity contribution in [2.75, 3.05) is 31.6 Å². The summed E-state index contributed by atoms with van der Waals surface area (Å²) in [5, 5.41) is 6.85. The van der Waals surface area contributed by atoms with E-state index in [1.165, 1.54) is 0 Å². The van der Waals surface area contributed by atoms with Crippen molar-refractivity contribution in [3.8, 4) is 5.75 Å². The third-order valence-electron chi connectivity index (χ3n) is 4.11. The minimum atomic E-state index is -0.152. The molecule has 0 spiro atoms. The van der Waals surface area contributed by atoms with E-state index < -0.39 is 0 Å². The highest BCUT2D eigenvalue weighted by molar-refractivity contribution is 6.31. The predicted octanol–water partition coefficient (Wildman–Crippen LogP) is 2.93. The summed E-state index contributed by atoms with van der Waals surface area (Å²) in [6.07, 6.45) is 3.36. The molecular formula is C18H21ClN4O2. The van der Waals surface area contributed by atoms with Gasteiger partial charge in [0.05, 0.1) is 12.2 Å². The van der Waals surface area contributed by atoms with Crippen LogP contribution in [0.1, 0.15) is 5.56 Å². The van der Waals surface area contributed by atoms with Crippen molar-refractivity contribution in [1.29, 1.82) is 0 Å². The fourth-order valence-electron chi connectivity index (χ4n) is 2.67. The third-order valence-corrected chi connectivity index (χ3v) is 4.52. The number of rotatable bonds is 4. The van der Waals surface area contributed by atoms with Gasteiger partial charge in [-0.25, -0.2) is 4.79 Å². The molecule has 132 valence electrons. The van der Waals surface area contributed by atoms with Gasteiger partial charge in [-0.3, -0.25) is 4.98 Å². The number of anilines is 1. The van der Waals surface area contributed by atoms with Gasteiger partial charge in [0.25, 0.3) is 0 Å². The van der Waals surface area contributed by atoms with Crippen molar-refractivity contribution in [2.24, 2.45) is 0 Å². The van der Waals surface area contributed by atoms with Gasteiger partial charge in [-0.15, -0.1) is 0 Å². The molecule has 1 aliphatic heterocycles. The summed E-state index contributed by atoms with van der Waals surface area (Å²) in [5.41, 5.74) is 1.66. The molecule has 1 atom stereocenters. The van der Waals surface area contributed by atoms with Crippen LogP contribution >= 0.6 is 11.6 Å². The Hall–Kier alpha value is -2.31. The van der Waals surface area contributed by atoms with Gasteiger partial charge in [0.1, 0.15) is 12.4 Å². The van der Waals surface area contributed by atoms with Gasteiger partial charge >= 0.3 is 6.03 Å². The predicted molar refractivity (Wildman–Crippen MR) is 98.3 cm³/mol. The van der Waals surface area contributed by atoms with Gasteiger partial charge in [0, 0.05) is 36.5 Å². The Balaban J connectivity index is 1.63. The van der Waals surface area contributed by atoms with E-state index in [0.29, 0.717) is 36.2 Å². The lowest BCUT2D eigenvalue weighted by atomic mass is 10.2. The molecule has 3 rings (SSSR count). The van der Waals surface area contributed by atoms with E-state index in [2.05, 4.69) is 15.6 Å². The first-order valence-corrected chi connectivity index (χ1v) is 8.58. The smallest absolute Gasteiger partial charge is 0.322 e. The SMILES string of the molecule is Cc1ccc(NC(=O)N2CCNCC2COc2cccnc2)cc1Cl. The molecule has 25 heavy (non-hydrogen) atoms. The molecule has 0 bridgehead atoms. The molecule has 1 saturated heterocycles. The molecule has 0 radical (unpaired) electrons. The molecule has 6 nitrogen and oxygen atoms in total. The average molecular weight is 361 g/mol. The van der Waals surface area contributed by atoms with Crippen LogP contribution in [0.25, 0.3) is 0 Å². The quantitative estimate of drug-likeness (QED) is 0.879. The second-order valence-corrected chi connectivity index (χ2v) is 6.35. The van der Waals surface area contributed by atoms with Gasteiger partial charge in [0.2, 0.25) is 0 Å². The number of halogens is 1. The van der Waals surface area contributed by atoms with E-state index in [1.807, 2.05) is 31.2 Å². The van der Waals surface area contributed by atoms with E-state index >= 15 is 0 Å². The van der Waals surface area contributed by atoms with Gasteiger partial charge < -0.3 is 20.3 Å². The zero-order valence-electron chi connectivity index (χ0n) is 14.0. The number of hydrogen-bond acceptors (Lipinski definition) is 4. The number of amides is 2. The van der Waals surface area contributed by atoms with Gasteiger partial charge in [-0.1, -0.05) is 17.7 Å². The Kier molecular flexibility index (Phi) is 5.73. The van der Waals surface area contributed by atoms with Crippen molar-refractivity contribution < 1.29 is 9.53 Å². The second kappa shape index (κ2) is 8.18. The standard InChI is InChI=1S/C18H21ClN4O2/c1-13-4-5-14(9-17(13)19)22-18(24)23-8-7-21-10-15(23)12-25-16-3-2-6-20-11-16/h2-6,9,11,15,21H,7-8,10,12H2,1H3,(H,22,24). The first-order valence-electron chi connectivity index (χ1n) is 8.21. The van der Waals surface area contributed by atoms with Gasteiger partial charge in [0.15, 0.2) is 0 Å². The second-order valence-electron chi connectivity index (χ2n) is 5.95. The summed E-state index contributed by atoms with van der Waals surface area (Å²) in [7, 11) is 0. The molecule has 1 fully saturated rings. The molecule has 1 aromatic heterocycles. The molecule has 0 aliphatic carbocycles. The highest BCUT2D eigenvalue weighted by atomic mass is 35.5. The number of nitrogens with one attached hydrogen (secondary N) is 2. The summed E-state index contributed by atoms with van der Waals surface area (Å²) in [6, 6.07) is 8.96. The Morgan fingerprint density at radius 3 is 3.12 bits per heavy atom. The third kappa shape index (κ3) is 4.61. The highest BCUT2D eigenvalue weighted by Gasteiger charge is 2.27. The summed E-state index contributed by atoms with van der Waals surface area (Å²) in [4.78, 5) is 18.5. The van der Waals surface area contributed by atoms with Crippen molar-refractivity contribution in [3.05, 3.63) is 53.3 Å². The molecule has 2 heterocycles. The minimum Gasteiger partial charge on any atom is -0.490 e. The fraction of sp³-hybridized carbons (Fsp3) is 0.333. The van der Waals surface area contributed by atoms with E-state index in [4.69, 9.17) is 16.3 Å². The number of benzene rings is 1. The monoisotopic (exact) mass is 360 g/mol. The lowest BCUT2D eigenvalue weighted by Gasteiger charge is -2.35. The first kappa shape index (κ1) is 17.5. The molecule has 0 saturated carbocycles. The molecule has 2 amide bonds. The summed E-state index contributed by atoms with van der Waals surface area (Å²) in [5.74, 6) is 0.693. The van der Waals surface area contributed by atoms with Crippen LogP contribution in [-0.2, 0) is 0 Å². The largest absolute Gasteiger partial charge is 0.490 e. The molecular weight excluding hydrogens is 340 g/mol. The normalized spacial score (nSPS) is 17.2. The number of aryl methyl sites for hydroxylation is 1. The number of pyridine rings is 1. The molecule has 1 aliphatic rings. The molecule has 2 aromatic rings. The van der Waals surface area contributed by atoms with E-state index in [-0.39, 0.29) is 12.1 Å². The average Bonchev–Trinajstić information content (AvgIpc) is 2.64. The zero-order valence-corrected chi connectivity index (χ0v) is 14.8. The maximum atomic E-state index is 12.7. The van der Waals surface area contributed by atoms with Crippen LogP contribution in [0.5, 0.6) is 5.75 Å². The fourth-order valence-corrected chi connectivity index (χ4v) is 2.85. The van der Waals surface area contributed by atoms with Crippen LogP contribution in [-0.4, -0.2) is 48.2 Å². The molecule has 7 heteroatoms. The van der Waals surface area contributed by atoms with Crippen molar-refractivity contribution in [3.63, 3.8) is 0 Å². The van der Waals surface area contributed by atoms with Crippen molar-refractivity contribution in [2.45, 2.75) is 13.0 Å². The zero-order chi connectivity index (χ0) is 17.6. The number of nitrogens with zero attached hydrogens (tertiary/aromatic N) is 2. The van der Waals surface area contributed by atoms with Crippen LogP contribution < -0.4 is 15.4 Å². The topological polar surface area (TPSA) is 66.5 Å². The number of carbonyl (C=O) groups excluding carboxylic acids is 1.